The molecule has 0 unspecified atom stereocenters. The zero-order valence-electron chi connectivity index (χ0n) is 10.7. The summed E-state index contributed by atoms with van der Waals surface area (Å²) >= 11 is 0. The van der Waals surface area contributed by atoms with Gasteiger partial charge in [0.1, 0.15) is 5.69 Å². The molecule has 2 fully saturated rings. The topological polar surface area (TPSA) is 58.2 Å². The first-order valence-electron chi connectivity index (χ1n) is 6.65. The molecule has 18 heavy (non-hydrogen) atoms. The highest BCUT2D eigenvalue weighted by Crippen LogP contribution is 2.39. The molecule has 2 heterocycles. The molecule has 2 aliphatic rings. The summed E-state index contributed by atoms with van der Waals surface area (Å²) in [5, 5.41) is 7.13. The van der Waals surface area contributed by atoms with Gasteiger partial charge in [-0.25, -0.2) is 0 Å². The van der Waals surface area contributed by atoms with Crippen molar-refractivity contribution in [2.75, 3.05) is 20.2 Å². The molecule has 1 aromatic rings. The Kier molecular flexibility index (Phi) is 3.07. The van der Waals surface area contributed by atoms with Crippen molar-refractivity contribution < 1.29 is 9.53 Å². The fourth-order valence-corrected chi connectivity index (χ4v) is 2.51. The van der Waals surface area contributed by atoms with Gasteiger partial charge in [-0.1, -0.05) is 0 Å². The lowest BCUT2D eigenvalue weighted by molar-refractivity contribution is 0.0347. The SMILES string of the molecule is COC1CCN(C(=O)c2cc(C3CC3)[nH]n2)CC1. The molecule has 1 aliphatic heterocycles. The molecule has 0 bridgehead atoms. The second-order valence-electron chi connectivity index (χ2n) is 5.21. The monoisotopic (exact) mass is 249 g/mol. The van der Waals surface area contributed by atoms with Crippen molar-refractivity contribution in [1.29, 1.82) is 0 Å². The second kappa shape index (κ2) is 4.72. The van der Waals surface area contributed by atoms with Crippen LogP contribution in [0.3, 0.4) is 0 Å². The first-order chi connectivity index (χ1) is 8.78. The van der Waals surface area contributed by atoms with Crippen LogP contribution < -0.4 is 0 Å². The van der Waals surface area contributed by atoms with Crippen molar-refractivity contribution >= 4 is 5.91 Å². The molecule has 0 radical (unpaired) electrons. The fourth-order valence-electron chi connectivity index (χ4n) is 2.51. The average Bonchev–Trinajstić information content (AvgIpc) is 3.16. The van der Waals surface area contributed by atoms with E-state index >= 15 is 0 Å². The normalized spacial score (nSPS) is 21.3. The first-order valence-corrected chi connectivity index (χ1v) is 6.65. The van der Waals surface area contributed by atoms with E-state index in [0.717, 1.165) is 31.6 Å². The quantitative estimate of drug-likeness (QED) is 0.884. The Bertz CT molecular complexity index is 431. The molecule has 3 rings (SSSR count). The van der Waals surface area contributed by atoms with E-state index in [-0.39, 0.29) is 5.91 Å². The maximum atomic E-state index is 12.3. The molecule has 5 nitrogen and oxygen atoms in total. The van der Waals surface area contributed by atoms with Crippen molar-refractivity contribution in [2.24, 2.45) is 0 Å². The van der Waals surface area contributed by atoms with Gasteiger partial charge in [0.15, 0.2) is 0 Å². The van der Waals surface area contributed by atoms with Gasteiger partial charge in [0.25, 0.3) is 5.91 Å². The van der Waals surface area contributed by atoms with E-state index in [2.05, 4.69) is 10.2 Å². The number of aromatic amines is 1. The summed E-state index contributed by atoms with van der Waals surface area (Å²) in [6.45, 7) is 1.53. The minimum atomic E-state index is 0.0488. The smallest absolute Gasteiger partial charge is 0.274 e. The molecule has 0 aromatic carbocycles. The van der Waals surface area contributed by atoms with Crippen LogP contribution in [0.5, 0.6) is 0 Å². The maximum Gasteiger partial charge on any atom is 0.274 e. The number of rotatable bonds is 3. The number of hydrogen-bond acceptors (Lipinski definition) is 3. The molecule has 1 amide bonds. The molecular formula is C13H19N3O2. The summed E-state index contributed by atoms with van der Waals surface area (Å²) in [7, 11) is 1.73. The number of ether oxygens (including phenoxy) is 1. The Morgan fingerprint density at radius 2 is 2.11 bits per heavy atom. The molecule has 98 valence electrons. The van der Waals surface area contributed by atoms with Gasteiger partial charge < -0.3 is 9.64 Å². The van der Waals surface area contributed by atoms with Gasteiger partial charge >= 0.3 is 0 Å². The first kappa shape index (κ1) is 11.7. The Labute approximate surface area is 107 Å². The molecule has 5 heteroatoms. The van der Waals surface area contributed by atoms with Crippen LogP contribution in [0.4, 0.5) is 0 Å². The largest absolute Gasteiger partial charge is 0.381 e. The van der Waals surface area contributed by atoms with Gasteiger partial charge in [-0.15, -0.1) is 0 Å². The molecule has 0 atom stereocenters. The van der Waals surface area contributed by atoms with E-state index in [0.29, 0.717) is 17.7 Å². The minimum absolute atomic E-state index is 0.0488. The number of piperidine rings is 1. The molecule has 1 aromatic heterocycles. The van der Waals surface area contributed by atoms with Crippen LogP contribution in [0.1, 0.15) is 47.8 Å². The molecule has 1 saturated heterocycles. The summed E-state index contributed by atoms with van der Waals surface area (Å²) in [6, 6.07) is 1.92. The molecule has 1 saturated carbocycles. The molecular weight excluding hydrogens is 230 g/mol. The number of nitrogens with one attached hydrogen (secondary N) is 1. The average molecular weight is 249 g/mol. The zero-order chi connectivity index (χ0) is 12.5. The van der Waals surface area contributed by atoms with Crippen LogP contribution >= 0.6 is 0 Å². The van der Waals surface area contributed by atoms with Crippen LogP contribution in [0.2, 0.25) is 0 Å². The fraction of sp³-hybridized carbons (Fsp3) is 0.692. The van der Waals surface area contributed by atoms with Gasteiger partial charge in [0.2, 0.25) is 0 Å². The standard InChI is InChI=1S/C13H19N3O2/c1-18-10-4-6-16(7-5-10)13(17)12-8-11(14-15-12)9-2-3-9/h8-10H,2-7H2,1H3,(H,14,15). The highest BCUT2D eigenvalue weighted by molar-refractivity contribution is 5.92. The van der Waals surface area contributed by atoms with Crippen molar-refractivity contribution in [1.82, 2.24) is 15.1 Å². The van der Waals surface area contributed by atoms with E-state index in [1.807, 2.05) is 11.0 Å². The van der Waals surface area contributed by atoms with E-state index in [1.54, 1.807) is 7.11 Å². The van der Waals surface area contributed by atoms with Crippen LogP contribution in [0, 0.1) is 0 Å². The van der Waals surface area contributed by atoms with Gasteiger partial charge in [0, 0.05) is 31.8 Å². The third-order valence-corrected chi connectivity index (χ3v) is 3.90. The number of carbonyl (C=O) groups is 1. The van der Waals surface area contributed by atoms with Crippen molar-refractivity contribution in [3.05, 3.63) is 17.5 Å². The van der Waals surface area contributed by atoms with Crippen LogP contribution in [0.25, 0.3) is 0 Å². The number of likely N-dealkylation sites (tertiary alicyclic amines) is 1. The minimum Gasteiger partial charge on any atom is -0.381 e. The van der Waals surface area contributed by atoms with E-state index in [1.165, 1.54) is 12.8 Å². The lowest BCUT2D eigenvalue weighted by atomic mass is 10.1. The number of nitrogens with zero attached hydrogens (tertiary/aromatic N) is 2. The summed E-state index contributed by atoms with van der Waals surface area (Å²) in [6.07, 6.45) is 4.57. The van der Waals surface area contributed by atoms with Gasteiger partial charge in [-0.05, 0) is 31.7 Å². The van der Waals surface area contributed by atoms with Crippen LogP contribution in [-0.4, -0.2) is 47.3 Å². The lowest BCUT2D eigenvalue weighted by Gasteiger charge is -2.30. The van der Waals surface area contributed by atoms with E-state index < -0.39 is 0 Å². The molecule has 1 N–H and O–H groups in total. The summed E-state index contributed by atoms with van der Waals surface area (Å²) in [4.78, 5) is 14.1. The highest BCUT2D eigenvalue weighted by Gasteiger charge is 2.29. The van der Waals surface area contributed by atoms with Crippen molar-refractivity contribution in [3.8, 4) is 0 Å². The second-order valence-corrected chi connectivity index (χ2v) is 5.21. The predicted molar refractivity (Wildman–Crippen MR) is 66.5 cm³/mol. The third-order valence-electron chi connectivity index (χ3n) is 3.90. The number of hydrogen-bond donors (Lipinski definition) is 1. The number of H-pyrrole nitrogens is 1. The van der Waals surface area contributed by atoms with Gasteiger partial charge in [0.05, 0.1) is 6.10 Å². The van der Waals surface area contributed by atoms with Crippen molar-refractivity contribution in [3.63, 3.8) is 0 Å². The molecule has 1 aliphatic carbocycles. The number of aromatic nitrogens is 2. The Balaban J connectivity index is 1.63. The number of methoxy groups -OCH3 is 1. The summed E-state index contributed by atoms with van der Waals surface area (Å²) < 4.78 is 5.31. The van der Waals surface area contributed by atoms with Gasteiger partial charge in [-0.2, -0.15) is 5.10 Å². The summed E-state index contributed by atoms with van der Waals surface area (Å²) in [5.74, 6) is 0.658. The summed E-state index contributed by atoms with van der Waals surface area (Å²) in [5.41, 5.74) is 1.68. The van der Waals surface area contributed by atoms with E-state index in [9.17, 15) is 4.79 Å². The predicted octanol–water partition coefficient (Wildman–Crippen LogP) is 1.54. The third kappa shape index (κ3) is 2.27. The number of carbonyl (C=O) groups excluding carboxylic acids is 1. The lowest BCUT2D eigenvalue weighted by Crippen LogP contribution is -2.40. The molecule has 0 spiro atoms. The van der Waals surface area contributed by atoms with Crippen LogP contribution in [-0.2, 0) is 4.74 Å². The van der Waals surface area contributed by atoms with Crippen LogP contribution in [0.15, 0.2) is 6.07 Å². The Morgan fingerprint density at radius 1 is 1.39 bits per heavy atom. The van der Waals surface area contributed by atoms with Crippen molar-refractivity contribution in [2.45, 2.75) is 37.7 Å². The van der Waals surface area contributed by atoms with Gasteiger partial charge in [-0.3, -0.25) is 9.89 Å². The number of amides is 1. The van der Waals surface area contributed by atoms with E-state index in [4.69, 9.17) is 4.74 Å². The highest BCUT2D eigenvalue weighted by atomic mass is 16.5. The Morgan fingerprint density at radius 3 is 2.72 bits per heavy atom. The zero-order valence-corrected chi connectivity index (χ0v) is 10.7. The maximum absolute atomic E-state index is 12.3. The Hall–Kier alpha value is -1.36.